The highest BCUT2D eigenvalue weighted by Gasteiger charge is 2.31. The number of hydrogen-bond acceptors (Lipinski definition) is 1. The summed E-state index contributed by atoms with van der Waals surface area (Å²) in [7, 11) is 0. The van der Waals surface area contributed by atoms with Crippen LogP contribution < -0.4 is 4.74 Å². The maximum atomic E-state index is 6.61. The molecule has 1 nitrogen and oxygen atoms in total. The lowest BCUT2D eigenvalue weighted by Crippen LogP contribution is -2.13. The van der Waals surface area contributed by atoms with Gasteiger partial charge in [-0.05, 0) is 50.4 Å². The Morgan fingerprint density at radius 3 is 2.00 bits per heavy atom. The molecule has 6 aromatic rings. The van der Waals surface area contributed by atoms with Gasteiger partial charge >= 0.3 is 0 Å². The number of hydrogen-bond donors (Lipinski definition) is 0. The van der Waals surface area contributed by atoms with E-state index in [1.165, 1.54) is 49.4 Å². The third-order valence-electron chi connectivity index (χ3n) is 7.01. The molecule has 6 aromatic carbocycles. The normalized spacial score (nSPS) is 14.4. The molecule has 7 rings (SSSR count). The zero-order valence-electron chi connectivity index (χ0n) is 18.6. The summed E-state index contributed by atoms with van der Waals surface area (Å²) in [6.07, 6.45) is 0. The van der Waals surface area contributed by atoms with Crippen molar-refractivity contribution in [3.05, 3.63) is 144 Å². The average Bonchev–Trinajstić information content (AvgIpc) is 2.91. The van der Waals surface area contributed by atoms with Crippen LogP contribution in [-0.2, 0) is 0 Å². The Hall–Kier alpha value is -4.36. The largest absolute Gasteiger partial charge is 0.457 e. The number of rotatable bonds is 2. The van der Waals surface area contributed by atoms with Crippen LogP contribution in [0.3, 0.4) is 0 Å². The summed E-state index contributed by atoms with van der Waals surface area (Å²) >= 11 is 0. The third kappa shape index (κ3) is 2.94. The molecule has 1 heterocycles. The van der Waals surface area contributed by atoms with Crippen molar-refractivity contribution in [2.45, 2.75) is 5.92 Å². The van der Waals surface area contributed by atoms with E-state index in [4.69, 9.17) is 4.74 Å². The molecule has 1 aliphatic rings. The van der Waals surface area contributed by atoms with E-state index in [0.29, 0.717) is 0 Å². The molecule has 0 aromatic heterocycles. The minimum absolute atomic E-state index is 0.0840. The molecule has 0 aliphatic carbocycles. The van der Waals surface area contributed by atoms with Gasteiger partial charge < -0.3 is 4.74 Å². The summed E-state index contributed by atoms with van der Waals surface area (Å²) in [5.41, 5.74) is 6.13. The second-order valence-electron chi connectivity index (χ2n) is 8.92. The van der Waals surface area contributed by atoms with Crippen molar-refractivity contribution in [3.8, 4) is 22.6 Å². The summed E-state index contributed by atoms with van der Waals surface area (Å²) in [6.45, 7) is 0. The van der Waals surface area contributed by atoms with Crippen LogP contribution in [0.25, 0.3) is 32.7 Å². The van der Waals surface area contributed by atoms with Crippen molar-refractivity contribution in [3.63, 3.8) is 0 Å². The quantitative estimate of drug-likeness (QED) is 0.264. The van der Waals surface area contributed by atoms with Crippen LogP contribution in [0.4, 0.5) is 0 Å². The highest BCUT2D eigenvalue weighted by molar-refractivity contribution is 5.93. The minimum Gasteiger partial charge on any atom is -0.457 e. The van der Waals surface area contributed by atoms with E-state index in [9.17, 15) is 0 Å². The zero-order chi connectivity index (χ0) is 22.5. The minimum atomic E-state index is 0.0840. The standard InChI is InChI=1S/C33H22O/c1-2-9-22(10-3-1)25-17-19-29-31(21-25)34-30-20-18-24-12-5-7-15-27(24)33(30)32(29)28-16-8-13-23-11-4-6-14-26(23)28/h1-21,32H. The lowest BCUT2D eigenvalue weighted by atomic mass is 9.78. The fraction of sp³-hybridized carbons (Fsp3) is 0.0303. The van der Waals surface area contributed by atoms with Crippen molar-refractivity contribution < 1.29 is 4.74 Å². The highest BCUT2D eigenvalue weighted by atomic mass is 16.5. The first-order valence-corrected chi connectivity index (χ1v) is 11.7. The molecular formula is C33H22O. The van der Waals surface area contributed by atoms with Gasteiger partial charge in [0, 0.05) is 17.0 Å². The monoisotopic (exact) mass is 434 g/mol. The molecule has 0 N–H and O–H groups in total. The lowest BCUT2D eigenvalue weighted by molar-refractivity contribution is 0.455. The molecule has 1 aliphatic heterocycles. The molecule has 0 bridgehead atoms. The van der Waals surface area contributed by atoms with Crippen molar-refractivity contribution >= 4 is 21.5 Å². The molecule has 0 saturated carbocycles. The van der Waals surface area contributed by atoms with Gasteiger partial charge in [-0.25, -0.2) is 0 Å². The lowest BCUT2D eigenvalue weighted by Gasteiger charge is -2.31. The van der Waals surface area contributed by atoms with Crippen molar-refractivity contribution in [1.82, 2.24) is 0 Å². The van der Waals surface area contributed by atoms with Gasteiger partial charge in [0.25, 0.3) is 0 Å². The van der Waals surface area contributed by atoms with Crippen LogP contribution >= 0.6 is 0 Å². The summed E-state index contributed by atoms with van der Waals surface area (Å²) in [4.78, 5) is 0. The second kappa shape index (κ2) is 7.60. The maximum absolute atomic E-state index is 6.61. The van der Waals surface area contributed by atoms with E-state index in [2.05, 4.69) is 127 Å². The molecular weight excluding hydrogens is 412 g/mol. The van der Waals surface area contributed by atoms with Gasteiger partial charge in [-0.3, -0.25) is 0 Å². The second-order valence-corrected chi connectivity index (χ2v) is 8.92. The van der Waals surface area contributed by atoms with Crippen molar-refractivity contribution in [2.75, 3.05) is 0 Å². The summed E-state index contributed by atoms with van der Waals surface area (Å²) in [5, 5.41) is 5.03. The molecule has 160 valence electrons. The Morgan fingerprint density at radius 1 is 0.441 bits per heavy atom. The first kappa shape index (κ1) is 19.1. The van der Waals surface area contributed by atoms with Crippen molar-refractivity contribution in [1.29, 1.82) is 0 Å². The molecule has 0 radical (unpaired) electrons. The van der Waals surface area contributed by atoms with E-state index in [1.54, 1.807) is 0 Å². The van der Waals surface area contributed by atoms with Gasteiger partial charge in [-0.2, -0.15) is 0 Å². The molecule has 0 spiro atoms. The highest BCUT2D eigenvalue weighted by Crippen LogP contribution is 2.51. The molecule has 1 heteroatoms. The first-order chi connectivity index (χ1) is 16.9. The van der Waals surface area contributed by atoms with Gasteiger partial charge in [0.05, 0.1) is 0 Å². The van der Waals surface area contributed by atoms with Crippen LogP contribution in [0.5, 0.6) is 11.5 Å². The molecule has 0 amide bonds. The Labute approximate surface area is 198 Å². The van der Waals surface area contributed by atoms with Crippen LogP contribution in [0.1, 0.15) is 22.6 Å². The Kier molecular flexibility index (Phi) is 4.28. The summed E-state index contributed by atoms with van der Waals surface area (Å²) < 4.78 is 6.61. The molecule has 1 unspecified atom stereocenters. The van der Waals surface area contributed by atoms with E-state index in [1.807, 2.05) is 0 Å². The van der Waals surface area contributed by atoms with Crippen LogP contribution in [0, 0.1) is 0 Å². The fourth-order valence-corrected chi connectivity index (χ4v) is 5.43. The smallest absolute Gasteiger partial charge is 0.132 e. The van der Waals surface area contributed by atoms with E-state index in [0.717, 1.165) is 11.5 Å². The van der Waals surface area contributed by atoms with E-state index < -0.39 is 0 Å². The predicted molar refractivity (Wildman–Crippen MR) is 141 cm³/mol. The number of fused-ring (bicyclic) bond motifs is 5. The van der Waals surface area contributed by atoms with Crippen LogP contribution in [0.2, 0.25) is 0 Å². The predicted octanol–water partition coefficient (Wildman–Crippen LogP) is 8.95. The van der Waals surface area contributed by atoms with Gasteiger partial charge in [0.15, 0.2) is 0 Å². The van der Waals surface area contributed by atoms with E-state index >= 15 is 0 Å². The van der Waals surface area contributed by atoms with Crippen LogP contribution in [-0.4, -0.2) is 0 Å². The van der Waals surface area contributed by atoms with E-state index in [-0.39, 0.29) is 5.92 Å². The Bertz CT molecular complexity index is 1680. The SMILES string of the molecule is c1ccc(-c2ccc3c(c2)Oc2ccc4ccccc4c2C3c2cccc3ccccc23)cc1. The van der Waals surface area contributed by atoms with Gasteiger partial charge in [0.1, 0.15) is 11.5 Å². The van der Waals surface area contributed by atoms with Gasteiger partial charge in [0.2, 0.25) is 0 Å². The van der Waals surface area contributed by atoms with Gasteiger partial charge in [-0.15, -0.1) is 0 Å². The molecule has 34 heavy (non-hydrogen) atoms. The fourth-order valence-electron chi connectivity index (χ4n) is 5.43. The molecule has 0 saturated heterocycles. The number of benzene rings is 6. The van der Waals surface area contributed by atoms with Crippen LogP contribution in [0.15, 0.2) is 127 Å². The van der Waals surface area contributed by atoms with Gasteiger partial charge in [-0.1, -0.05) is 115 Å². The Morgan fingerprint density at radius 2 is 1.15 bits per heavy atom. The first-order valence-electron chi connectivity index (χ1n) is 11.7. The molecule has 1 atom stereocenters. The summed E-state index contributed by atoms with van der Waals surface area (Å²) in [5.74, 6) is 1.96. The van der Waals surface area contributed by atoms with Crippen molar-refractivity contribution in [2.24, 2.45) is 0 Å². The molecule has 0 fully saturated rings. The topological polar surface area (TPSA) is 9.23 Å². The summed E-state index contributed by atoms with van der Waals surface area (Å²) in [6, 6.07) is 45.4. The third-order valence-corrected chi connectivity index (χ3v) is 7.01. The Balaban J connectivity index is 1.53. The maximum Gasteiger partial charge on any atom is 0.132 e. The number of ether oxygens (including phenoxy) is 1. The zero-order valence-corrected chi connectivity index (χ0v) is 18.6. The average molecular weight is 435 g/mol.